The van der Waals surface area contributed by atoms with Crippen LogP contribution in [0.5, 0.6) is 5.75 Å². The van der Waals surface area contributed by atoms with E-state index in [0.717, 1.165) is 25.3 Å². The molecule has 2 nitrogen and oxygen atoms in total. The second kappa shape index (κ2) is 3.62. The molecule has 2 rings (SSSR count). The molecule has 1 aromatic carbocycles. The summed E-state index contributed by atoms with van der Waals surface area (Å²) in [6.45, 7) is 4.13. The molecule has 1 aliphatic rings. The van der Waals surface area contributed by atoms with Crippen LogP contribution < -0.4 is 10.1 Å². The molecular formula is C12H17NO. The van der Waals surface area contributed by atoms with E-state index in [1.807, 2.05) is 13.1 Å². The fourth-order valence-electron chi connectivity index (χ4n) is 2.19. The summed E-state index contributed by atoms with van der Waals surface area (Å²) >= 11 is 0. The fraction of sp³-hybridized carbons (Fsp3) is 0.500. The number of rotatable bonds is 2. The van der Waals surface area contributed by atoms with Gasteiger partial charge in [-0.2, -0.15) is 0 Å². The van der Waals surface area contributed by atoms with Gasteiger partial charge < -0.3 is 10.1 Å². The van der Waals surface area contributed by atoms with E-state index < -0.39 is 0 Å². The molecule has 14 heavy (non-hydrogen) atoms. The van der Waals surface area contributed by atoms with Crippen LogP contribution in [-0.2, 0) is 5.41 Å². The standard InChI is InChI=1S/C12H17NO/c1-12(9-13-2)7-8-14-11-6-4-3-5-10(11)12/h3-6,13H,7-9H2,1-2H3. The summed E-state index contributed by atoms with van der Waals surface area (Å²) in [5.41, 5.74) is 1.56. The van der Waals surface area contributed by atoms with Crippen molar-refractivity contribution in [3.8, 4) is 5.75 Å². The van der Waals surface area contributed by atoms with Gasteiger partial charge in [-0.3, -0.25) is 0 Å². The van der Waals surface area contributed by atoms with Gasteiger partial charge in [0.15, 0.2) is 0 Å². The van der Waals surface area contributed by atoms with Crippen molar-refractivity contribution in [2.24, 2.45) is 0 Å². The summed E-state index contributed by atoms with van der Waals surface area (Å²) in [5, 5.41) is 3.26. The van der Waals surface area contributed by atoms with E-state index >= 15 is 0 Å². The van der Waals surface area contributed by atoms with E-state index in [4.69, 9.17) is 4.74 Å². The Labute approximate surface area is 85.3 Å². The summed E-state index contributed by atoms with van der Waals surface area (Å²) < 4.78 is 5.64. The Kier molecular flexibility index (Phi) is 2.46. The third-order valence-corrected chi connectivity index (χ3v) is 3.02. The predicted octanol–water partition coefficient (Wildman–Crippen LogP) is 1.95. The van der Waals surface area contributed by atoms with Gasteiger partial charge in [0, 0.05) is 17.5 Å². The van der Waals surface area contributed by atoms with E-state index in [1.165, 1.54) is 5.56 Å². The van der Waals surface area contributed by atoms with Crippen LogP contribution in [0.3, 0.4) is 0 Å². The van der Waals surface area contributed by atoms with Crippen LogP contribution in [0.1, 0.15) is 18.9 Å². The normalized spacial score (nSPS) is 25.3. The SMILES string of the molecule is CNCC1(C)CCOc2ccccc21. The Bertz CT molecular complexity index is 324. The quantitative estimate of drug-likeness (QED) is 0.771. The molecule has 2 heteroatoms. The lowest BCUT2D eigenvalue weighted by Crippen LogP contribution is -2.38. The second-order valence-electron chi connectivity index (χ2n) is 4.19. The van der Waals surface area contributed by atoms with E-state index in [9.17, 15) is 0 Å². The van der Waals surface area contributed by atoms with Crippen molar-refractivity contribution in [1.82, 2.24) is 5.32 Å². The maximum absolute atomic E-state index is 5.64. The molecule has 1 aliphatic heterocycles. The first kappa shape index (κ1) is 9.53. The largest absolute Gasteiger partial charge is 0.493 e. The minimum atomic E-state index is 0.226. The van der Waals surface area contributed by atoms with E-state index in [-0.39, 0.29) is 5.41 Å². The molecule has 0 saturated carbocycles. The van der Waals surface area contributed by atoms with Crippen molar-refractivity contribution in [1.29, 1.82) is 0 Å². The third kappa shape index (κ3) is 1.50. The van der Waals surface area contributed by atoms with Gasteiger partial charge in [0.2, 0.25) is 0 Å². The van der Waals surface area contributed by atoms with Crippen molar-refractivity contribution in [2.75, 3.05) is 20.2 Å². The highest BCUT2D eigenvalue weighted by molar-refractivity contribution is 5.41. The molecule has 0 bridgehead atoms. The van der Waals surface area contributed by atoms with Crippen LogP contribution in [0.4, 0.5) is 0 Å². The maximum Gasteiger partial charge on any atom is 0.123 e. The van der Waals surface area contributed by atoms with Crippen LogP contribution in [0.2, 0.25) is 0 Å². The summed E-state index contributed by atoms with van der Waals surface area (Å²) in [7, 11) is 2.00. The van der Waals surface area contributed by atoms with Gasteiger partial charge >= 0.3 is 0 Å². The van der Waals surface area contributed by atoms with Gasteiger partial charge in [-0.1, -0.05) is 25.1 Å². The molecule has 0 amide bonds. The molecule has 1 N–H and O–H groups in total. The van der Waals surface area contributed by atoms with Gasteiger partial charge in [0.25, 0.3) is 0 Å². The average molecular weight is 191 g/mol. The zero-order chi connectivity index (χ0) is 10.0. The molecule has 1 aromatic rings. The van der Waals surface area contributed by atoms with Crippen LogP contribution in [0.15, 0.2) is 24.3 Å². The fourth-order valence-corrected chi connectivity index (χ4v) is 2.19. The second-order valence-corrected chi connectivity index (χ2v) is 4.19. The number of hydrogen-bond donors (Lipinski definition) is 1. The maximum atomic E-state index is 5.64. The van der Waals surface area contributed by atoms with Gasteiger partial charge in [0.05, 0.1) is 6.61 Å². The highest BCUT2D eigenvalue weighted by Gasteiger charge is 2.32. The monoisotopic (exact) mass is 191 g/mol. The lowest BCUT2D eigenvalue weighted by Gasteiger charge is -2.35. The molecule has 0 fully saturated rings. The summed E-state index contributed by atoms with van der Waals surface area (Å²) in [4.78, 5) is 0. The summed E-state index contributed by atoms with van der Waals surface area (Å²) in [5.74, 6) is 1.05. The minimum absolute atomic E-state index is 0.226. The molecule has 0 aromatic heterocycles. The molecule has 0 radical (unpaired) electrons. The first-order chi connectivity index (χ1) is 6.76. The van der Waals surface area contributed by atoms with Crippen molar-refractivity contribution in [3.05, 3.63) is 29.8 Å². The molecule has 1 atom stereocenters. The van der Waals surface area contributed by atoms with Crippen molar-refractivity contribution in [3.63, 3.8) is 0 Å². The summed E-state index contributed by atoms with van der Waals surface area (Å²) in [6, 6.07) is 8.35. The van der Waals surface area contributed by atoms with Crippen LogP contribution in [0.25, 0.3) is 0 Å². The topological polar surface area (TPSA) is 21.3 Å². The third-order valence-electron chi connectivity index (χ3n) is 3.02. The molecule has 1 unspecified atom stereocenters. The molecule has 0 aliphatic carbocycles. The molecule has 0 saturated heterocycles. The zero-order valence-corrected chi connectivity index (χ0v) is 8.84. The Balaban J connectivity index is 2.39. The molecule has 0 spiro atoms. The number of ether oxygens (including phenoxy) is 1. The Morgan fingerprint density at radius 2 is 2.21 bits per heavy atom. The smallest absolute Gasteiger partial charge is 0.123 e. The van der Waals surface area contributed by atoms with Crippen molar-refractivity contribution < 1.29 is 4.74 Å². The van der Waals surface area contributed by atoms with Crippen LogP contribution in [0, 0.1) is 0 Å². The number of nitrogens with one attached hydrogen (secondary N) is 1. The van der Waals surface area contributed by atoms with Gasteiger partial charge in [-0.15, -0.1) is 0 Å². The van der Waals surface area contributed by atoms with Gasteiger partial charge in [-0.25, -0.2) is 0 Å². The molecule has 1 heterocycles. The first-order valence-corrected chi connectivity index (χ1v) is 5.13. The number of hydrogen-bond acceptors (Lipinski definition) is 2. The minimum Gasteiger partial charge on any atom is -0.493 e. The summed E-state index contributed by atoms with van der Waals surface area (Å²) in [6.07, 6.45) is 1.09. The molecule has 76 valence electrons. The van der Waals surface area contributed by atoms with Crippen molar-refractivity contribution >= 4 is 0 Å². The lowest BCUT2D eigenvalue weighted by molar-refractivity contribution is 0.222. The van der Waals surface area contributed by atoms with Crippen LogP contribution >= 0.6 is 0 Å². The van der Waals surface area contributed by atoms with E-state index in [0.29, 0.717) is 0 Å². The number of fused-ring (bicyclic) bond motifs is 1. The van der Waals surface area contributed by atoms with Crippen molar-refractivity contribution in [2.45, 2.75) is 18.8 Å². The Morgan fingerprint density at radius 3 is 3.00 bits per heavy atom. The average Bonchev–Trinajstić information content (AvgIpc) is 2.19. The first-order valence-electron chi connectivity index (χ1n) is 5.13. The number of para-hydroxylation sites is 1. The van der Waals surface area contributed by atoms with Gasteiger partial charge in [0.1, 0.15) is 5.75 Å². The highest BCUT2D eigenvalue weighted by Crippen LogP contribution is 2.37. The number of likely N-dealkylation sites (N-methyl/N-ethyl adjacent to an activating group) is 1. The van der Waals surface area contributed by atoms with E-state index in [1.54, 1.807) is 0 Å². The Morgan fingerprint density at radius 1 is 1.43 bits per heavy atom. The van der Waals surface area contributed by atoms with E-state index in [2.05, 4.69) is 30.4 Å². The predicted molar refractivity (Wildman–Crippen MR) is 57.8 cm³/mol. The highest BCUT2D eigenvalue weighted by atomic mass is 16.5. The van der Waals surface area contributed by atoms with Gasteiger partial charge in [-0.05, 0) is 19.5 Å². The van der Waals surface area contributed by atoms with Crippen LogP contribution in [-0.4, -0.2) is 20.2 Å². The zero-order valence-electron chi connectivity index (χ0n) is 8.84. The Hall–Kier alpha value is -1.02. The number of benzene rings is 1. The molecular weight excluding hydrogens is 174 g/mol. The lowest BCUT2D eigenvalue weighted by atomic mass is 9.78.